The van der Waals surface area contributed by atoms with Crippen molar-refractivity contribution >= 4 is 21.6 Å². The molecule has 3 heteroatoms. The molecule has 0 unspecified atom stereocenters. The van der Waals surface area contributed by atoms with Gasteiger partial charge in [0.2, 0.25) is 0 Å². The summed E-state index contributed by atoms with van der Waals surface area (Å²) in [6.45, 7) is 1.97. The molecule has 2 rings (SSSR count). The summed E-state index contributed by atoms with van der Waals surface area (Å²) in [6, 6.07) is 1.98. The van der Waals surface area contributed by atoms with Gasteiger partial charge in [-0.15, -0.1) is 11.3 Å². The maximum atomic E-state index is 3.98. The minimum absolute atomic E-state index is 0.998. The van der Waals surface area contributed by atoms with Crippen molar-refractivity contribution in [1.29, 1.82) is 0 Å². The summed E-state index contributed by atoms with van der Waals surface area (Å²) in [5.74, 6) is 0. The Kier molecular flexibility index (Phi) is 1.17. The van der Waals surface area contributed by atoms with Crippen molar-refractivity contribution in [3.05, 3.63) is 23.5 Å². The molecule has 0 amide bonds. The molecule has 10 heavy (non-hydrogen) atoms. The molecule has 0 aliphatic rings. The first kappa shape index (κ1) is 5.80. The van der Waals surface area contributed by atoms with E-state index in [1.54, 1.807) is 11.3 Å². The molecule has 49 valence electrons. The molecule has 1 radical (unpaired) electrons. The lowest BCUT2D eigenvalue weighted by Gasteiger charge is -1.88. The van der Waals surface area contributed by atoms with Gasteiger partial charge in [-0.1, -0.05) is 0 Å². The molecule has 0 bridgehead atoms. The normalized spacial score (nSPS) is 10.5. The lowest BCUT2D eigenvalue weighted by molar-refractivity contribution is 1.14. The van der Waals surface area contributed by atoms with Crippen LogP contribution < -0.4 is 0 Å². The molecular formula is C7H5N2S. The maximum absolute atomic E-state index is 3.98. The lowest BCUT2D eigenvalue weighted by Crippen LogP contribution is -1.81. The van der Waals surface area contributed by atoms with Gasteiger partial charge in [0.1, 0.15) is 0 Å². The highest BCUT2D eigenvalue weighted by Crippen LogP contribution is 2.19. The van der Waals surface area contributed by atoms with E-state index in [1.165, 1.54) is 4.70 Å². The highest BCUT2D eigenvalue weighted by Gasteiger charge is 1.98. The fourth-order valence-corrected chi connectivity index (χ4v) is 1.65. The van der Waals surface area contributed by atoms with Crippen LogP contribution >= 0.6 is 11.3 Å². The molecule has 0 aromatic carbocycles. The van der Waals surface area contributed by atoms with Crippen LogP contribution in [0.3, 0.4) is 0 Å². The van der Waals surface area contributed by atoms with Gasteiger partial charge in [0, 0.05) is 0 Å². The standard InChI is InChI=1S/C7H5N2S/c1-5-7-6(2-3-10-7)9-4-8-5/h2-3H,1H3. The van der Waals surface area contributed by atoms with Gasteiger partial charge in [-0.05, 0) is 18.4 Å². The maximum Gasteiger partial charge on any atom is 0.198 e. The Labute approximate surface area is 62.6 Å². The Bertz CT molecular complexity index is 353. The van der Waals surface area contributed by atoms with Crippen LogP contribution in [0.2, 0.25) is 0 Å². The van der Waals surface area contributed by atoms with E-state index in [4.69, 9.17) is 0 Å². The van der Waals surface area contributed by atoms with Crippen molar-refractivity contribution in [3.8, 4) is 0 Å². The van der Waals surface area contributed by atoms with Gasteiger partial charge < -0.3 is 0 Å². The Balaban J connectivity index is 2.95. The third-order valence-corrected chi connectivity index (χ3v) is 2.37. The monoisotopic (exact) mass is 149 g/mol. The second-order valence-corrected chi connectivity index (χ2v) is 2.96. The molecular weight excluding hydrogens is 144 g/mol. The van der Waals surface area contributed by atoms with E-state index in [-0.39, 0.29) is 0 Å². The SMILES string of the molecule is Cc1n[c]nc2ccsc12. The number of thiophene rings is 1. The van der Waals surface area contributed by atoms with Gasteiger partial charge in [0.05, 0.1) is 15.9 Å². The molecule has 0 aliphatic heterocycles. The van der Waals surface area contributed by atoms with Crippen LogP contribution in [0.15, 0.2) is 11.4 Å². The van der Waals surface area contributed by atoms with Crippen LogP contribution in [0.25, 0.3) is 10.2 Å². The zero-order chi connectivity index (χ0) is 6.97. The Morgan fingerprint density at radius 1 is 1.50 bits per heavy atom. The van der Waals surface area contributed by atoms with E-state index in [9.17, 15) is 0 Å². The number of hydrogen-bond donors (Lipinski definition) is 0. The average Bonchev–Trinajstić information content (AvgIpc) is 2.36. The molecule has 0 atom stereocenters. The Hall–Kier alpha value is -0.960. The van der Waals surface area contributed by atoms with Crippen molar-refractivity contribution in [3.63, 3.8) is 0 Å². The number of hydrogen-bond acceptors (Lipinski definition) is 3. The highest BCUT2D eigenvalue weighted by molar-refractivity contribution is 7.17. The highest BCUT2D eigenvalue weighted by atomic mass is 32.1. The van der Waals surface area contributed by atoms with Crippen LogP contribution in [0, 0.1) is 13.3 Å². The molecule has 0 aliphatic carbocycles. The number of aromatic nitrogens is 2. The number of nitrogens with zero attached hydrogens (tertiary/aromatic N) is 2. The zero-order valence-corrected chi connectivity index (χ0v) is 6.27. The van der Waals surface area contributed by atoms with Gasteiger partial charge in [-0.25, -0.2) is 9.97 Å². The third kappa shape index (κ3) is 0.708. The molecule has 0 spiro atoms. The molecule has 2 heterocycles. The molecule has 2 aromatic heterocycles. The fraction of sp³-hybridized carbons (Fsp3) is 0.143. The topological polar surface area (TPSA) is 25.8 Å². The van der Waals surface area contributed by atoms with E-state index in [0.717, 1.165) is 11.2 Å². The van der Waals surface area contributed by atoms with Gasteiger partial charge >= 0.3 is 0 Å². The first-order valence-corrected chi connectivity index (χ1v) is 3.84. The number of fused-ring (bicyclic) bond motifs is 1. The lowest BCUT2D eigenvalue weighted by atomic mass is 10.4. The molecule has 2 aromatic rings. The summed E-state index contributed by atoms with van der Waals surface area (Å²) in [7, 11) is 0. The molecule has 0 saturated carbocycles. The summed E-state index contributed by atoms with van der Waals surface area (Å²) in [5.41, 5.74) is 2.01. The third-order valence-electron chi connectivity index (χ3n) is 1.36. The number of rotatable bonds is 0. The average molecular weight is 149 g/mol. The zero-order valence-electron chi connectivity index (χ0n) is 5.46. The Morgan fingerprint density at radius 3 is 3.20 bits per heavy atom. The number of aryl methyl sites for hydroxylation is 1. The van der Waals surface area contributed by atoms with Gasteiger partial charge in [0.15, 0.2) is 6.33 Å². The summed E-state index contributed by atoms with van der Waals surface area (Å²) in [6.07, 6.45) is 2.60. The van der Waals surface area contributed by atoms with Crippen molar-refractivity contribution in [2.45, 2.75) is 6.92 Å². The van der Waals surface area contributed by atoms with E-state index in [2.05, 4.69) is 16.3 Å². The van der Waals surface area contributed by atoms with Crippen LogP contribution in [0.5, 0.6) is 0 Å². The van der Waals surface area contributed by atoms with Gasteiger partial charge in [-0.3, -0.25) is 0 Å². The summed E-state index contributed by atoms with van der Waals surface area (Å²) in [5, 5.41) is 2.01. The van der Waals surface area contributed by atoms with Crippen LogP contribution in [-0.2, 0) is 0 Å². The van der Waals surface area contributed by atoms with Gasteiger partial charge in [-0.2, -0.15) is 0 Å². The minimum Gasteiger partial charge on any atom is -0.229 e. The van der Waals surface area contributed by atoms with Gasteiger partial charge in [0.25, 0.3) is 0 Å². The predicted octanol–water partition coefficient (Wildman–Crippen LogP) is 1.80. The quantitative estimate of drug-likeness (QED) is 0.570. The molecule has 0 saturated heterocycles. The summed E-state index contributed by atoms with van der Waals surface area (Å²) < 4.78 is 1.17. The molecule has 0 N–H and O–H groups in total. The van der Waals surface area contributed by atoms with Crippen molar-refractivity contribution in [1.82, 2.24) is 9.97 Å². The first-order valence-electron chi connectivity index (χ1n) is 2.96. The van der Waals surface area contributed by atoms with Crippen LogP contribution in [-0.4, -0.2) is 9.97 Å². The fourth-order valence-electron chi connectivity index (χ4n) is 0.866. The van der Waals surface area contributed by atoms with Crippen molar-refractivity contribution < 1.29 is 0 Å². The van der Waals surface area contributed by atoms with E-state index in [1.807, 2.05) is 18.4 Å². The summed E-state index contributed by atoms with van der Waals surface area (Å²) >= 11 is 1.67. The predicted molar refractivity (Wildman–Crippen MR) is 41.0 cm³/mol. The van der Waals surface area contributed by atoms with Crippen molar-refractivity contribution in [2.24, 2.45) is 0 Å². The van der Waals surface area contributed by atoms with E-state index >= 15 is 0 Å². The van der Waals surface area contributed by atoms with E-state index < -0.39 is 0 Å². The minimum atomic E-state index is 0.998. The van der Waals surface area contributed by atoms with Crippen LogP contribution in [0.4, 0.5) is 0 Å². The van der Waals surface area contributed by atoms with E-state index in [0.29, 0.717) is 0 Å². The second kappa shape index (κ2) is 2.02. The molecule has 2 nitrogen and oxygen atoms in total. The molecule has 0 fully saturated rings. The largest absolute Gasteiger partial charge is 0.229 e. The first-order chi connectivity index (χ1) is 4.88. The summed E-state index contributed by atoms with van der Waals surface area (Å²) in [4.78, 5) is 7.93. The Morgan fingerprint density at radius 2 is 2.40 bits per heavy atom. The second-order valence-electron chi connectivity index (χ2n) is 2.04. The van der Waals surface area contributed by atoms with Crippen molar-refractivity contribution in [2.75, 3.05) is 0 Å². The smallest absolute Gasteiger partial charge is 0.198 e. The van der Waals surface area contributed by atoms with Crippen LogP contribution in [0.1, 0.15) is 5.69 Å².